The van der Waals surface area contributed by atoms with Crippen LogP contribution in [0.1, 0.15) is 11.3 Å². The third kappa shape index (κ3) is 3.06. The molecule has 1 heterocycles. The highest BCUT2D eigenvalue weighted by Gasteiger charge is 2.08. The molecule has 0 fully saturated rings. The zero-order valence-corrected chi connectivity index (χ0v) is 13.5. The predicted molar refractivity (Wildman–Crippen MR) is 94.8 cm³/mol. The molecule has 0 amide bonds. The summed E-state index contributed by atoms with van der Waals surface area (Å²) in [5, 5.41) is 11.7. The smallest absolute Gasteiger partial charge is 0.161 e. The monoisotopic (exact) mass is 316 g/mol. The van der Waals surface area contributed by atoms with Crippen molar-refractivity contribution in [1.29, 1.82) is 5.26 Å². The van der Waals surface area contributed by atoms with Crippen molar-refractivity contribution >= 4 is 22.4 Å². The molecule has 4 heteroatoms. The van der Waals surface area contributed by atoms with Gasteiger partial charge in [0.2, 0.25) is 0 Å². The second kappa shape index (κ2) is 6.84. The lowest BCUT2D eigenvalue weighted by Crippen LogP contribution is -1.92. The van der Waals surface area contributed by atoms with Crippen molar-refractivity contribution in [2.24, 2.45) is 0 Å². The molecule has 0 aliphatic rings. The summed E-state index contributed by atoms with van der Waals surface area (Å²) in [5.41, 5.74) is 2.00. The molecule has 118 valence electrons. The van der Waals surface area contributed by atoms with E-state index in [-0.39, 0.29) is 0 Å². The summed E-state index contributed by atoms with van der Waals surface area (Å²) in [5.74, 6) is 1.21. The van der Waals surface area contributed by atoms with Gasteiger partial charge in [0.1, 0.15) is 0 Å². The first-order chi connectivity index (χ1) is 11.7. The molecule has 0 saturated heterocycles. The lowest BCUT2D eigenvalue weighted by Gasteiger charge is -2.09. The van der Waals surface area contributed by atoms with Crippen molar-refractivity contribution < 1.29 is 9.47 Å². The number of allylic oxidation sites excluding steroid dienone is 1. The molecule has 24 heavy (non-hydrogen) atoms. The molecule has 0 N–H and O–H groups in total. The Morgan fingerprint density at radius 2 is 1.75 bits per heavy atom. The van der Waals surface area contributed by atoms with E-state index < -0.39 is 0 Å². The molecule has 2 aromatic carbocycles. The minimum Gasteiger partial charge on any atom is -0.493 e. The van der Waals surface area contributed by atoms with Gasteiger partial charge < -0.3 is 9.47 Å². The third-order valence-electron chi connectivity index (χ3n) is 3.76. The highest BCUT2D eigenvalue weighted by atomic mass is 16.5. The van der Waals surface area contributed by atoms with Gasteiger partial charge in [-0.1, -0.05) is 24.3 Å². The fraction of sp³-hybridized carbons (Fsp3) is 0.100. The number of pyridine rings is 1. The first kappa shape index (κ1) is 15.6. The predicted octanol–water partition coefficient (Wildman–Crippen LogP) is 4.32. The molecule has 0 aliphatic carbocycles. The van der Waals surface area contributed by atoms with Crippen LogP contribution in [-0.4, -0.2) is 19.2 Å². The normalized spacial score (nSPS) is 11.1. The van der Waals surface area contributed by atoms with Gasteiger partial charge in [0.25, 0.3) is 0 Å². The Balaban J connectivity index is 2.04. The summed E-state index contributed by atoms with van der Waals surface area (Å²) in [6.45, 7) is 0. The Morgan fingerprint density at radius 3 is 2.46 bits per heavy atom. The molecular formula is C20H16N2O2. The van der Waals surface area contributed by atoms with Crippen molar-refractivity contribution in [3.63, 3.8) is 0 Å². The van der Waals surface area contributed by atoms with Crippen LogP contribution in [0.2, 0.25) is 0 Å². The van der Waals surface area contributed by atoms with Crippen molar-refractivity contribution in [3.05, 3.63) is 66.0 Å². The van der Waals surface area contributed by atoms with Gasteiger partial charge in [0.05, 0.1) is 31.6 Å². The fourth-order valence-corrected chi connectivity index (χ4v) is 2.51. The van der Waals surface area contributed by atoms with Crippen LogP contribution < -0.4 is 9.47 Å². The molecule has 3 aromatic rings. The highest BCUT2D eigenvalue weighted by molar-refractivity contribution is 5.91. The van der Waals surface area contributed by atoms with Crippen molar-refractivity contribution in [3.8, 4) is 17.6 Å². The number of aromatic nitrogens is 1. The van der Waals surface area contributed by atoms with Gasteiger partial charge in [-0.25, -0.2) is 0 Å². The molecule has 0 bridgehead atoms. The molecule has 1 aromatic heterocycles. The SMILES string of the molecule is COc1ccc(/C(C#N)=C/c2cc3ccccc3cn2)cc1OC. The van der Waals surface area contributed by atoms with Crippen LogP contribution in [0.4, 0.5) is 0 Å². The highest BCUT2D eigenvalue weighted by Crippen LogP contribution is 2.30. The first-order valence-electron chi connectivity index (χ1n) is 7.44. The number of benzene rings is 2. The van der Waals surface area contributed by atoms with E-state index in [0.29, 0.717) is 17.1 Å². The molecule has 0 saturated carbocycles. The van der Waals surface area contributed by atoms with Gasteiger partial charge in [-0.05, 0) is 41.3 Å². The fourth-order valence-electron chi connectivity index (χ4n) is 2.51. The summed E-state index contributed by atoms with van der Waals surface area (Å²) >= 11 is 0. The molecule has 0 aliphatic heterocycles. The maximum Gasteiger partial charge on any atom is 0.161 e. The minimum absolute atomic E-state index is 0.513. The number of methoxy groups -OCH3 is 2. The first-order valence-corrected chi connectivity index (χ1v) is 7.44. The summed E-state index contributed by atoms with van der Waals surface area (Å²) in [4.78, 5) is 4.41. The van der Waals surface area contributed by atoms with Gasteiger partial charge in [-0.3, -0.25) is 4.98 Å². The Labute approximate surface area is 140 Å². The number of hydrogen-bond acceptors (Lipinski definition) is 4. The standard InChI is InChI=1S/C20H16N2O2/c1-23-19-8-7-15(11-20(19)24-2)17(12-21)10-18-9-14-5-3-4-6-16(14)13-22-18/h3-11,13H,1-2H3/b17-10+. The lowest BCUT2D eigenvalue weighted by atomic mass is 10.0. The van der Waals surface area contributed by atoms with Gasteiger partial charge in [-0.2, -0.15) is 5.26 Å². The molecule has 0 spiro atoms. The van der Waals surface area contributed by atoms with Crippen molar-refractivity contribution in [2.45, 2.75) is 0 Å². The zero-order valence-electron chi connectivity index (χ0n) is 13.5. The Kier molecular flexibility index (Phi) is 4.44. The number of nitriles is 1. The molecule has 3 rings (SSSR count). The zero-order chi connectivity index (χ0) is 16.9. The molecule has 0 atom stereocenters. The van der Waals surface area contributed by atoms with E-state index in [4.69, 9.17) is 9.47 Å². The van der Waals surface area contributed by atoms with E-state index in [0.717, 1.165) is 22.0 Å². The summed E-state index contributed by atoms with van der Waals surface area (Å²) in [6.07, 6.45) is 3.58. The Morgan fingerprint density at radius 1 is 1.00 bits per heavy atom. The van der Waals surface area contributed by atoms with Crippen LogP contribution in [-0.2, 0) is 0 Å². The summed E-state index contributed by atoms with van der Waals surface area (Å²) < 4.78 is 10.5. The van der Waals surface area contributed by atoms with Gasteiger partial charge in [-0.15, -0.1) is 0 Å². The van der Waals surface area contributed by atoms with Crippen LogP contribution in [0.25, 0.3) is 22.4 Å². The second-order valence-corrected chi connectivity index (χ2v) is 5.20. The average Bonchev–Trinajstić information content (AvgIpc) is 2.65. The van der Waals surface area contributed by atoms with Crippen molar-refractivity contribution in [2.75, 3.05) is 14.2 Å². The van der Waals surface area contributed by atoms with E-state index in [1.54, 1.807) is 32.4 Å². The van der Waals surface area contributed by atoms with Gasteiger partial charge in [0.15, 0.2) is 11.5 Å². The van der Waals surface area contributed by atoms with Crippen molar-refractivity contribution in [1.82, 2.24) is 4.98 Å². The Hall–Kier alpha value is -3.32. The largest absolute Gasteiger partial charge is 0.493 e. The number of ether oxygens (including phenoxy) is 2. The van der Waals surface area contributed by atoms with E-state index in [2.05, 4.69) is 11.1 Å². The van der Waals surface area contributed by atoms with E-state index >= 15 is 0 Å². The van der Waals surface area contributed by atoms with Crippen LogP contribution in [0.3, 0.4) is 0 Å². The maximum atomic E-state index is 9.53. The van der Waals surface area contributed by atoms with Gasteiger partial charge in [0, 0.05) is 11.6 Å². The van der Waals surface area contributed by atoms with E-state index in [1.165, 1.54) is 0 Å². The van der Waals surface area contributed by atoms with Gasteiger partial charge >= 0.3 is 0 Å². The lowest BCUT2D eigenvalue weighted by molar-refractivity contribution is 0.355. The van der Waals surface area contributed by atoms with E-state index in [9.17, 15) is 5.26 Å². The molecule has 4 nitrogen and oxygen atoms in total. The average molecular weight is 316 g/mol. The maximum absolute atomic E-state index is 9.53. The van der Waals surface area contributed by atoms with E-state index in [1.807, 2.05) is 42.6 Å². The second-order valence-electron chi connectivity index (χ2n) is 5.20. The molecule has 0 unspecified atom stereocenters. The molecule has 0 radical (unpaired) electrons. The summed E-state index contributed by atoms with van der Waals surface area (Å²) in [6, 6.07) is 17.6. The van der Waals surface area contributed by atoms with Crippen LogP contribution in [0.15, 0.2) is 54.7 Å². The molecular weight excluding hydrogens is 300 g/mol. The quantitative estimate of drug-likeness (QED) is 0.673. The Bertz CT molecular complexity index is 955. The third-order valence-corrected chi connectivity index (χ3v) is 3.76. The van der Waals surface area contributed by atoms with Crippen LogP contribution in [0, 0.1) is 11.3 Å². The number of hydrogen-bond donors (Lipinski definition) is 0. The minimum atomic E-state index is 0.513. The topological polar surface area (TPSA) is 55.1 Å². The number of nitrogens with zero attached hydrogens (tertiary/aromatic N) is 2. The number of rotatable bonds is 4. The van der Waals surface area contributed by atoms with Crippen LogP contribution in [0.5, 0.6) is 11.5 Å². The number of fused-ring (bicyclic) bond motifs is 1. The summed E-state index contributed by atoms with van der Waals surface area (Å²) in [7, 11) is 3.15. The van der Waals surface area contributed by atoms with Crippen LogP contribution >= 0.6 is 0 Å².